The molecule has 3 rings (SSSR count). The molecule has 1 fully saturated rings. The Labute approximate surface area is 122 Å². The van der Waals surface area contributed by atoms with E-state index in [1.807, 2.05) is 24.3 Å². The van der Waals surface area contributed by atoms with E-state index in [2.05, 4.69) is 27.2 Å². The Bertz CT molecular complexity index is 627. The van der Waals surface area contributed by atoms with Crippen LogP contribution in [0, 0.1) is 5.92 Å². The van der Waals surface area contributed by atoms with Crippen molar-refractivity contribution in [3.05, 3.63) is 29.3 Å². The number of nitrogens with two attached hydrogens (primary N) is 1. The van der Waals surface area contributed by atoms with Crippen molar-refractivity contribution in [3.63, 3.8) is 0 Å². The Hall–Kier alpha value is -1.88. The fourth-order valence-corrected chi connectivity index (χ4v) is 2.32. The van der Waals surface area contributed by atoms with Gasteiger partial charge >= 0.3 is 0 Å². The lowest BCUT2D eigenvalue weighted by Gasteiger charge is -2.13. The van der Waals surface area contributed by atoms with Crippen molar-refractivity contribution in [2.24, 2.45) is 5.92 Å². The van der Waals surface area contributed by atoms with Gasteiger partial charge in [0, 0.05) is 16.6 Å². The number of hydrogen-bond acceptors (Lipinski definition) is 5. The molecule has 1 atom stereocenters. The van der Waals surface area contributed by atoms with Crippen LogP contribution in [0.5, 0.6) is 0 Å². The van der Waals surface area contributed by atoms with Crippen LogP contribution in [0.2, 0.25) is 5.02 Å². The van der Waals surface area contributed by atoms with E-state index in [4.69, 9.17) is 17.3 Å². The second-order valence-corrected chi connectivity index (χ2v) is 5.56. The summed E-state index contributed by atoms with van der Waals surface area (Å²) in [6.45, 7) is 2.14. The van der Waals surface area contributed by atoms with E-state index in [0.717, 1.165) is 5.56 Å². The lowest BCUT2D eigenvalue weighted by atomic mass is 10.2. The van der Waals surface area contributed by atoms with Crippen LogP contribution >= 0.6 is 11.6 Å². The molecule has 1 aromatic heterocycles. The quantitative estimate of drug-likeness (QED) is 0.905. The van der Waals surface area contributed by atoms with E-state index in [0.29, 0.717) is 28.8 Å². The van der Waals surface area contributed by atoms with Crippen molar-refractivity contribution in [1.29, 1.82) is 0 Å². The summed E-state index contributed by atoms with van der Waals surface area (Å²) in [6, 6.07) is 7.73. The smallest absolute Gasteiger partial charge is 0.228 e. The van der Waals surface area contributed by atoms with Gasteiger partial charge in [0.2, 0.25) is 11.9 Å². The molecule has 0 saturated heterocycles. The minimum atomic E-state index is 0.209. The van der Waals surface area contributed by atoms with E-state index in [1.165, 1.54) is 12.8 Å². The number of rotatable bonds is 4. The third-order valence-corrected chi connectivity index (χ3v) is 3.66. The fourth-order valence-electron chi connectivity index (χ4n) is 2.13. The van der Waals surface area contributed by atoms with Crippen molar-refractivity contribution >= 4 is 23.5 Å². The zero-order chi connectivity index (χ0) is 14.1. The number of aromatic nitrogens is 3. The third kappa shape index (κ3) is 2.99. The number of nitrogens with zero attached hydrogens (tertiary/aromatic N) is 3. The average molecular weight is 290 g/mol. The van der Waals surface area contributed by atoms with Gasteiger partial charge in [-0.05, 0) is 37.8 Å². The highest BCUT2D eigenvalue weighted by Crippen LogP contribution is 2.33. The predicted octanol–water partition coefficient (Wildman–Crippen LogP) is 2.98. The normalized spacial score (nSPS) is 15.9. The van der Waals surface area contributed by atoms with Gasteiger partial charge in [-0.3, -0.25) is 0 Å². The topological polar surface area (TPSA) is 76.7 Å². The molecule has 0 aliphatic heterocycles. The molecule has 1 unspecified atom stereocenters. The highest BCUT2D eigenvalue weighted by atomic mass is 35.5. The fraction of sp³-hybridized carbons (Fsp3) is 0.357. The summed E-state index contributed by atoms with van der Waals surface area (Å²) < 4.78 is 0. The van der Waals surface area contributed by atoms with Gasteiger partial charge in [0.05, 0.1) is 0 Å². The Morgan fingerprint density at radius 2 is 2.10 bits per heavy atom. The third-order valence-electron chi connectivity index (χ3n) is 3.42. The van der Waals surface area contributed by atoms with Crippen LogP contribution in [0.4, 0.5) is 11.9 Å². The Balaban J connectivity index is 1.89. The largest absolute Gasteiger partial charge is 0.368 e. The van der Waals surface area contributed by atoms with E-state index in [9.17, 15) is 0 Å². The number of nitrogen functional groups attached to an aromatic ring is 1. The van der Waals surface area contributed by atoms with Crippen molar-refractivity contribution in [2.45, 2.75) is 25.8 Å². The highest BCUT2D eigenvalue weighted by molar-refractivity contribution is 6.30. The molecular weight excluding hydrogens is 274 g/mol. The van der Waals surface area contributed by atoms with E-state index >= 15 is 0 Å². The van der Waals surface area contributed by atoms with Gasteiger partial charge in [0.25, 0.3) is 0 Å². The summed E-state index contributed by atoms with van der Waals surface area (Å²) in [5.74, 6) is 1.97. The van der Waals surface area contributed by atoms with Crippen molar-refractivity contribution < 1.29 is 0 Å². The summed E-state index contributed by atoms with van der Waals surface area (Å²) in [7, 11) is 0. The standard InChI is InChI=1S/C14H16ClN5/c1-8(9-5-6-9)17-14-19-12(18-13(16)20-14)10-3-2-4-11(15)7-10/h2-4,7-9H,5-6H2,1H3,(H3,16,17,18,19,20). The summed E-state index contributed by atoms with van der Waals surface area (Å²) in [5, 5.41) is 3.94. The van der Waals surface area contributed by atoms with Gasteiger partial charge in [0.15, 0.2) is 5.82 Å². The van der Waals surface area contributed by atoms with Crippen molar-refractivity contribution in [3.8, 4) is 11.4 Å². The molecule has 5 nitrogen and oxygen atoms in total. The maximum Gasteiger partial charge on any atom is 0.228 e. The minimum Gasteiger partial charge on any atom is -0.368 e. The molecular formula is C14H16ClN5. The Morgan fingerprint density at radius 1 is 1.30 bits per heavy atom. The second-order valence-electron chi connectivity index (χ2n) is 5.12. The molecule has 1 aliphatic carbocycles. The number of benzene rings is 1. The molecule has 0 radical (unpaired) electrons. The van der Waals surface area contributed by atoms with E-state index in [-0.39, 0.29) is 5.95 Å². The summed E-state index contributed by atoms with van der Waals surface area (Å²) in [5.41, 5.74) is 6.59. The molecule has 3 N–H and O–H groups in total. The van der Waals surface area contributed by atoms with Gasteiger partial charge in [-0.2, -0.15) is 15.0 Å². The first-order chi connectivity index (χ1) is 9.61. The molecule has 6 heteroatoms. The number of halogens is 1. The number of hydrogen-bond donors (Lipinski definition) is 2. The van der Waals surface area contributed by atoms with Gasteiger partial charge in [-0.15, -0.1) is 0 Å². The zero-order valence-corrected chi connectivity index (χ0v) is 11.9. The minimum absolute atomic E-state index is 0.209. The van der Waals surface area contributed by atoms with Crippen LogP contribution in [-0.2, 0) is 0 Å². The first kappa shape index (κ1) is 13.1. The van der Waals surface area contributed by atoms with Crippen LogP contribution in [0.15, 0.2) is 24.3 Å². The average Bonchev–Trinajstić information content (AvgIpc) is 3.22. The van der Waals surface area contributed by atoms with Crippen LogP contribution < -0.4 is 11.1 Å². The predicted molar refractivity (Wildman–Crippen MR) is 80.5 cm³/mol. The molecule has 2 aromatic rings. The van der Waals surface area contributed by atoms with Crippen LogP contribution in [0.25, 0.3) is 11.4 Å². The first-order valence-electron chi connectivity index (χ1n) is 6.66. The van der Waals surface area contributed by atoms with Crippen LogP contribution in [0.1, 0.15) is 19.8 Å². The van der Waals surface area contributed by atoms with Gasteiger partial charge < -0.3 is 11.1 Å². The second kappa shape index (κ2) is 5.25. The molecule has 0 spiro atoms. The molecule has 0 amide bonds. The molecule has 1 aliphatic rings. The summed E-state index contributed by atoms with van der Waals surface area (Å²) >= 11 is 5.99. The maximum absolute atomic E-state index is 5.99. The lowest BCUT2D eigenvalue weighted by molar-refractivity contribution is 0.686. The zero-order valence-electron chi connectivity index (χ0n) is 11.2. The first-order valence-corrected chi connectivity index (χ1v) is 7.03. The molecule has 1 aromatic carbocycles. The van der Waals surface area contributed by atoms with Gasteiger partial charge in [-0.25, -0.2) is 0 Å². The molecule has 20 heavy (non-hydrogen) atoms. The van der Waals surface area contributed by atoms with Crippen LogP contribution in [-0.4, -0.2) is 21.0 Å². The van der Waals surface area contributed by atoms with Crippen molar-refractivity contribution in [2.75, 3.05) is 11.1 Å². The lowest BCUT2D eigenvalue weighted by Crippen LogP contribution is -2.20. The highest BCUT2D eigenvalue weighted by Gasteiger charge is 2.28. The van der Waals surface area contributed by atoms with Crippen LogP contribution in [0.3, 0.4) is 0 Å². The van der Waals surface area contributed by atoms with Gasteiger partial charge in [0.1, 0.15) is 0 Å². The van der Waals surface area contributed by atoms with E-state index < -0.39 is 0 Å². The molecule has 104 valence electrons. The Kier molecular flexibility index (Phi) is 3.44. The van der Waals surface area contributed by atoms with Gasteiger partial charge in [-0.1, -0.05) is 23.7 Å². The number of anilines is 2. The number of nitrogens with one attached hydrogen (secondary N) is 1. The van der Waals surface area contributed by atoms with E-state index in [1.54, 1.807) is 0 Å². The summed E-state index contributed by atoms with van der Waals surface area (Å²) in [4.78, 5) is 12.7. The molecule has 1 saturated carbocycles. The maximum atomic E-state index is 5.99. The molecule has 0 bridgehead atoms. The monoisotopic (exact) mass is 289 g/mol. The molecule has 1 heterocycles. The SMILES string of the molecule is CC(Nc1nc(N)nc(-c2cccc(Cl)c2)n1)C1CC1. The summed E-state index contributed by atoms with van der Waals surface area (Å²) in [6.07, 6.45) is 2.52. The van der Waals surface area contributed by atoms with Crippen molar-refractivity contribution in [1.82, 2.24) is 15.0 Å². The Morgan fingerprint density at radius 3 is 2.80 bits per heavy atom.